The molecule has 0 heterocycles. The van der Waals surface area contributed by atoms with E-state index in [1.807, 2.05) is 0 Å². The maximum absolute atomic E-state index is 12.7. The van der Waals surface area contributed by atoms with Crippen LogP contribution in [0.2, 0.25) is 0 Å². The summed E-state index contributed by atoms with van der Waals surface area (Å²) in [5.74, 6) is -0.844. The van der Waals surface area contributed by atoms with Gasteiger partial charge in [-0.3, -0.25) is 18.6 Å². The highest BCUT2D eigenvalue weighted by Crippen LogP contribution is 2.43. The minimum absolute atomic E-state index is 0.0473. The summed E-state index contributed by atoms with van der Waals surface area (Å²) in [5.41, 5.74) is 5.37. The molecule has 0 aromatic rings. The van der Waals surface area contributed by atoms with Crippen LogP contribution < -0.4 is 5.73 Å². The SMILES string of the molecule is CC/C=C\C/C=C\C/C=C\C/C=C\C/C=C\C/C=C\C/C=C\C/C=C\C/C=C\CCCCCCCCCC(=O)OC(COC(=O)CCCCCCCCCCCCCCC)COP(=O)(O)OCCN. The molecule has 0 spiro atoms. The van der Waals surface area contributed by atoms with Crippen LogP contribution in [0, 0.1) is 0 Å². The van der Waals surface area contributed by atoms with Gasteiger partial charge < -0.3 is 20.1 Å². The minimum Gasteiger partial charge on any atom is -0.462 e. The fourth-order valence-electron chi connectivity index (χ4n) is 7.16. The molecular weight excluding hydrogens is 882 g/mol. The zero-order valence-electron chi connectivity index (χ0n) is 43.8. The summed E-state index contributed by atoms with van der Waals surface area (Å²) in [6.45, 7) is 3.60. The van der Waals surface area contributed by atoms with Gasteiger partial charge in [0.25, 0.3) is 0 Å². The highest BCUT2D eigenvalue weighted by molar-refractivity contribution is 7.47. The molecule has 3 N–H and O–H groups in total. The average molecular weight is 982 g/mol. The predicted octanol–water partition coefficient (Wildman–Crippen LogP) is 17.1. The van der Waals surface area contributed by atoms with Gasteiger partial charge in [0.05, 0.1) is 13.2 Å². The molecule has 0 rings (SSSR count). The first-order valence-electron chi connectivity index (χ1n) is 27.4. The van der Waals surface area contributed by atoms with Gasteiger partial charge in [-0.2, -0.15) is 0 Å². The first-order valence-corrected chi connectivity index (χ1v) is 28.9. The van der Waals surface area contributed by atoms with Crippen molar-refractivity contribution in [1.29, 1.82) is 0 Å². The van der Waals surface area contributed by atoms with Crippen LogP contribution in [-0.4, -0.2) is 49.3 Å². The number of nitrogens with two attached hydrogens (primary N) is 1. The van der Waals surface area contributed by atoms with E-state index in [0.29, 0.717) is 6.42 Å². The molecule has 0 saturated carbocycles. The molecule has 0 aliphatic rings. The van der Waals surface area contributed by atoms with Gasteiger partial charge in [-0.25, -0.2) is 4.57 Å². The molecule has 9 nitrogen and oxygen atoms in total. The molecule has 0 saturated heterocycles. The Morgan fingerprint density at radius 3 is 1.19 bits per heavy atom. The van der Waals surface area contributed by atoms with Crippen LogP contribution in [0.1, 0.15) is 219 Å². The number of hydrogen-bond donors (Lipinski definition) is 2. The maximum atomic E-state index is 12.7. The summed E-state index contributed by atoms with van der Waals surface area (Å²) < 4.78 is 32.9. The fraction of sp³-hybridized carbons (Fsp3) is 0.661. The molecule has 0 radical (unpaired) electrons. The zero-order chi connectivity index (χ0) is 50.2. The van der Waals surface area contributed by atoms with Crippen LogP contribution in [0.5, 0.6) is 0 Å². The van der Waals surface area contributed by atoms with E-state index in [4.69, 9.17) is 24.3 Å². The average Bonchev–Trinajstić information content (AvgIpc) is 3.34. The van der Waals surface area contributed by atoms with Crippen LogP contribution in [0.25, 0.3) is 0 Å². The molecular formula is C59H100NO8P. The Bertz CT molecular complexity index is 1490. The number of esters is 2. The van der Waals surface area contributed by atoms with Gasteiger partial charge in [0, 0.05) is 19.4 Å². The summed E-state index contributed by atoms with van der Waals surface area (Å²) in [4.78, 5) is 35.0. The van der Waals surface area contributed by atoms with E-state index in [-0.39, 0.29) is 38.6 Å². The molecule has 394 valence electrons. The number of rotatable bonds is 50. The van der Waals surface area contributed by atoms with E-state index in [1.165, 1.54) is 83.5 Å². The summed E-state index contributed by atoms with van der Waals surface area (Å²) in [7, 11) is -4.39. The third-order valence-electron chi connectivity index (χ3n) is 11.2. The van der Waals surface area contributed by atoms with Crippen molar-refractivity contribution in [3.8, 4) is 0 Å². The summed E-state index contributed by atoms with van der Waals surface area (Å²) in [6.07, 6.45) is 72.8. The Labute approximate surface area is 422 Å². The van der Waals surface area contributed by atoms with Crippen molar-refractivity contribution in [2.24, 2.45) is 5.73 Å². The number of ether oxygens (including phenoxy) is 2. The highest BCUT2D eigenvalue weighted by atomic mass is 31.2. The number of hydrogen-bond acceptors (Lipinski definition) is 8. The monoisotopic (exact) mass is 982 g/mol. The number of allylic oxidation sites excluding steroid dienone is 18. The zero-order valence-corrected chi connectivity index (χ0v) is 44.6. The third kappa shape index (κ3) is 53.9. The molecule has 0 bridgehead atoms. The fourth-order valence-corrected chi connectivity index (χ4v) is 7.92. The van der Waals surface area contributed by atoms with Gasteiger partial charge in [-0.15, -0.1) is 0 Å². The summed E-state index contributed by atoms with van der Waals surface area (Å²) in [6, 6.07) is 0. The van der Waals surface area contributed by atoms with Crippen molar-refractivity contribution in [2.75, 3.05) is 26.4 Å². The van der Waals surface area contributed by atoms with Gasteiger partial charge >= 0.3 is 19.8 Å². The Hall–Kier alpha value is -3.33. The van der Waals surface area contributed by atoms with E-state index >= 15 is 0 Å². The van der Waals surface area contributed by atoms with Crippen molar-refractivity contribution in [3.63, 3.8) is 0 Å². The molecule has 0 aromatic heterocycles. The van der Waals surface area contributed by atoms with Gasteiger partial charge in [-0.1, -0.05) is 232 Å². The Morgan fingerprint density at radius 1 is 0.449 bits per heavy atom. The second-order valence-electron chi connectivity index (χ2n) is 17.7. The quantitative estimate of drug-likeness (QED) is 0.0264. The van der Waals surface area contributed by atoms with Gasteiger partial charge in [0.1, 0.15) is 6.61 Å². The van der Waals surface area contributed by atoms with Gasteiger partial charge in [-0.05, 0) is 83.5 Å². The Morgan fingerprint density at radius 2 is 0.797 bits per heavy atom. The van der Waals surface area contributed by atoms with Crippen molar-refractivity contribution in [1.82, 2.24) is 0 Å². The van der Waals surface area contributed by atoms with Crippen LogP contribution in [0.15, 0.2) is 109 Å². The lowest BCUT2D eigenvalue weighted by Crippen LogP contribution is -2.29. The number of unbranched alkanes of at least 4 members (excludes halogenated alkanes) is 19. The van der Waals surface area contributed by atoms with Crippen LogP contribution in [0.4, 0.5) is 0 Å². The molecule has 0 aromatic carbocycles. The van der Waals surface area contributed by atoms with E-state index < -0.39 is 26.5 Å². The molecule has 69 heavy (non-hydrogen) atoms. The number of carbonyl (C=O) groups is 2. The van der Waals surface area contributed by atoms with Crippen LogP contribution in [-0.2, 0) is 32.7 Å². The number of carbonyl (C=O) groups excluding carboxylic acids is 2. The molecule has 10 heteroatoms. The largest absolute Gasteiger partial charge is 0.472 e. The summed E-state index contributed by atoms with van der Waals surface area (Å²) >= 11 is 0. The minimum atomic E-state index is -4.39. The molecule has 0 amide bonds. The first-order chi connectivity index (χ1) is 33.8. The lowest BCUT2D eigenvalue weighted by atomic mass is 10.0. The molecule has 2 unspecified atom stereocenters. The smallest absolute Gasteiger partial charge is 0.462 e. The molecule has 0 aliphatic carbocycles. The molecule has 0 fully saturated rings. The van der Waals surface area contributed by atoms with E-state index in [2.05, 4.69) is 123 Å². The van der Waals surface area contributed by atoms with Crippen molar-refractivity contribution in [2.45, 2.75) is 225 Å². The highest BCUT2D eigenvalue weighted by Gasteiger charge is 2.26. The second kappa shape index (κ2) is 54.0. The van der Waals surface area contributed by atoms with Gasteiger partial charge in [0.15, 0.2) is 6.10 Å². The van der Waals surface area contributed by atoms with Crippen molar-refractivity contribution < 1.29 is 37.6 Å². The van der Waals surface area contributed by atoms with E-state index in [0.717, 1.165) is 103 Å². The molecule has 2 atom stereocenters. The van der Waals surface area contributed by atoms with Gasteiger partial charge in [0.2, 0.25) is 0 Å². The van der Waals surface area contributed by atoms with Crippen molar-refractivity contribution in [3.05, 3.63) is 109 Å². The van der Waals surface area contributed by atoms with E-state index in [9.17, 15) is 19.0 Å². The lowest BCUT2D eigenvalue weighted by Gasteiger charge is -2.19. The second-order valence-corrected chi connectivity index (χ2v) is 19.2. The number of phosphoric ester groups is 1. The predicted molar refractivity (Wildman–Crippen MR) is 293 cm³/mol. The lowest BCUT2D eigenvalue weighted by molar-refractivity contribution is -0.161. The third-order valence-corrected chi connectivity index (χ3v) is 12.2. The normalized spacial score (nSPS) is 14.0. The van der Waals surface area contributed by atoms with Crippen LogP contribution in [0.3, 0.4) is 0 Å². The summed E-state index contributed by atoms with van der Waals surface area (Å²) in [5, 5.41) is 0. The Balaban J connectivity index is 4.03. The topological polar surface area (TPSA) is 134 Å². The Kier molecular flexibility index (Phi) is 51.4. The molecule has 0 aliphatic heterocycles. The number of phosphoric acid groups is 1. The van der Waals surface area contributed by atoms with Crippen LogP contribution >= 0.6 is 7.82 Å². The van der Waals surface area contributed by atoms with E-state index in [1.54, 1.807) is 0 Å². The van der Waals surface area contributed by atoms with Crippen molar-refractivity contribution >= 4 is 19.8 Å². The first kappa shape index (κ1) is 65.7. The standard InChI is InChI=1S/C59H100NO8P/c1-3-5-7-9-11-13-15-17-18-19-20-21-22-23-24-25-26-27-28-29-30-31-32-33-34-35-36-37-38-40-42-44-46-48-50-52-59(62)68-57(56-67-69(63,64)66-54-53-60)55-65-58(61)51-49-47-45-43-41-39-16-14-12-10-8-6-4-2/h5,7,11,13,17-18,20-21,23-24,26-27,29-30,32-33,35-36,57H,3-4,6,8-10,12,14-16,19,22,25,28,31,34,37-56,60H2,1-2H3,(H,63,64)/b7-5-,13-11-,18-17-,21-20-,24-23-,27-26-,30-29-,33-32-,36-35-. The maximum Gasteiger partial charge on any atom is 0.472 e.